The molecule has 1 rings (SSSR count). The Morgan fingerprint density at radius 2 is 1.50 bits per heavy atom. The SMILES string of the molecule is CC(C)(C)OC(=O)C1CC1(Cl)C(=O)OC(C)(C)C. The van der Waals surface area contributed by atoms with E-state index in [4.69, 9.17) is 21.1 Å². The number of carbonyl (C=O) groups excluding carboxylic acids is 2. The molecule has 1 aliphatic carbocycles. The van der Waals surface area contributed by atoms with Crippen LogP contribution in [0.15, 0.2) is 0 Å². The fourth-order valence-electron chi connectivity index (χ4n) is 1.47. The summed E-state index contributed by atoms with van der Waals surface area (Å²) < 4.78 is 10.4. The number of alkyl halides is 1. The Balaban J connectivity index is 2.61. The predicted molar refractivity (Wildman–Crippen MR) is 68.4 cm³/mol. The third-order valence-corrected chi connectivity index (χ3v) is 2.89. The summed E-state index contributed by atoms with van der Waals surface area (Å²) in [5.41, 5.74) is -1.19. The van der Waals surface area contributed by atoms with Crippen molar-refractivity contribution in [2.75, 3.05) is 0 Å². The van der Waals surface area contributed by atoms with Gasteiger partial charge in [0.2, 0.25) is 0 Å². The second-order valence-electron chi connectivity index (χ2n) is 6.65. The minimum Gasteiger partial charge on any atom is -0.460 e. The number of hydrogen-bond acceptors (Lipinski definition) is 4. The molecule has 2 atom stereocenters. The molecule has 104 valence electrons. The summed E-state index contributed by atoms with van der Waals surface area (Å²) in [7, 11) is 0. The number of hydrogen-bond donors (Lipinski definition) is 0. The van der Waals surface area contributed by atoms with Crippen LogP contribution in [0.1, 0.15) is 48.0 Å². The average molecular weight is 277 g/mol. The third-order valence-electron chi connectivity index (χ3n) is 2.32. The lowest BCUT2D eigenvalue weighted by atomic mass is 10.2. The van der Waals surface area contributed by atoms with Crippen molar-refractivity contribution in [2.24, 2.45) is 5.92 Å². The van der Waals surface area contributed by atoms with Crippen LogP contribution in [0.2, 0.25) is 0 Å². The summed E-state index contributed by atoms with van der Waals surface area (Å²) in [6, 6.07) is 0. The van der Waals surface area contributed by atoms with Gasteiger partial charge in [-0.3, -0.25) is 9.59 Å². The van der Waals surface area contributed by atoms with Gasteiger partial charge in [0, 0.05) is 0 Å². The van der Waals surface area contributed by atoms with E-state index in [1.165, 1.54) is 0 Å². The molecule has 0 amide bonds. The van der Waals surface area contributed by atoms with Gasteiger partial charge in [-0.15, -0.1) is 11.6 Å². The largest absolute Gasteiger partial charge is 0.460 e. The van der Waals surface area contributed by atoms with Gasteiger partial charge in [0.1, 0.15) is 11.2 Å². The van der Waals surface area contributed by atoms with E-state index in [2.05, 4.69) is 0 Å². The van der Waals surface area contributed by atoms with Crippen molar-refractivity contribution in [1.82, 2.24) is 0 Å². The van der Waals surface area contributed by atoms with E-state index < -0.39 is 33.9 Å². The number of carbonyl (C=O) groups is 2. The highest BCUT2D eigenvalue weighted by molar-refractivity contribution is 6.38. The van der Waals surface area contributed by atoms with Gasteiger partial charge >= 0.3 is 11.9 Å². The Labute approximate surface area is 113 Å². The van der Waals surface area contributed by atoms with E-state index in [0.717, 1.165) is 0 Å². The summed E-state index contributed by atoms with van der Waals surface area (Å²) in [4.78, 5) is 22.4. The second-order valence-corrected chi connectivity index (χ2v) is 7.33. The first-order valence-electron chi connectivity index (χ1n) is 6.00. The molecule has 18 heavy (non-hydrogen) atoms. The van der Waals surface area contributed by atoms with Gasteiger partial charge in [-0.1, -0.05) is 0 Å². The molecule has 5 heteroatoms. The van der Waals surface area contributed by atoms with Gasteiger partial charge in [0.05, 0.1) is 5.92 Å². The van der Waals surface area contributed by atoms with Gasteiger partial charge in [0.15, 0.2) is 4.87 Å². The summed E-state index contributed by atoms with van der Waals surface area (Å²) in [5.74, 6) is -1.59. The van der Waals surface area contributed by atoms with Crippen molar-refractivity contribution in [2.45, 2.75) is 64.0 Å². The zero-order chi connectivity index (χ0) is 14.4. The standard InChI is InChI=1S/C13H21ClO4/c1-11(2,3)17-9(15)8-7-13(8,14)10(16)18-12(4,5)6/h8H,7H2,1-6H3. The van der Waals surface area contributed by atoms with Crippen LogP contribution in [0.3, 0.4) is 0 Å². The van der Waals surface area contributed by atoms with Crippen LogP contribution >= 0.6 is 11.6 Å². The fraction of sp³-hybridized carbons (Fsp3) is 0.846. The summed E-state index contributed by atoms with van der Waals surface area (Å²) >= 11 is 6.12. The maximum atomic E-state index is 11.9. The molecular formula is C13H21ClO4. The molecule has 0 radical (unpaired) electrons. The van der Waals surface area contributed by atoms with E-state index in [0.29, 0.717) is 0 Å². The first kappa shape index (κ1) is 15.3. The van der Waals surface area contributed by atoms with Crippen LogP contribution in [-0.4, -0.2) is 28.0 Å². The van der Waals surface area contributed by atoms with Gasteiger partial charge in [-0.05, 0) is 48.0 Å². The first-order chi connectivity index (χ1) is 7.85. The molecular weight excluding hydrogens is 256 g/mol. The molecule has 0 bridgehead atoms. The number of rotatable bonds is 2. The molecule has 1 aliphatic rings. The summed E-state index contributed by atoms with van der Waals surface area (Å²) in [6.07, 6.45) is 0.276. The molecule has 2 unspecified atom stereocenters. The number of ether oxygens (including phenoxy) is 2. The van der Waals surface area contributed by atoms with E-state index in [9.17, 15) is 9.59 Å². The molecule has 0 aromatic rings. The first-order valence-corrected chi connectivity index (χ1v) is 6.38. The van der Waals surface area contributed by atoms with Gasteiger partial charge in [-0.2, -0.15) is 0 Å². The topological polar surface area (TPSA) is 52.6 Å². The molecule has 1 fully saturated rings. The molecule has 0 saturated heterocycles. The lowest BCUT2D eigenvalue weighted by Gasteiger charge is -2.22. The van der Waals surface area contributed by atoms with E-state index in [1.54, 1.807) is 41.5 Å². The Kier molecular flexibility index (Phi) is 3.74. The molecule has 0 aromatic carbocycles. The molecule has 1 saturated carbocycles. The number of esters is 2. The molecule has 0 heterocycles. The Bertz CT molecular complexity index is 364. The van der Waals surface area contributed by atoms with E-state index in [-0.39, 0.29) is 6.42 Å². The van der Waals surface area contributed by atoms with Crippen LogP contribution < -0.4 is 0 Å². The van der Waals surface area contributed by atoms with Gasteiger partial charge in [-0.25, -0.2) is 0 Å². The van der Waals surface area contributed by atoms with Crippen LogP contribution in [-0.2, 0) is 19.1 Å². The molecule has 0 aromatic heterocycles. The van der Waals surface area contributed by atoms with E-state index in [1.807, 2.05) is 0 Å². The fourth-order valence-corrected chi connectivity index (χ4v) is 1.75. The molecule has 0 N–H and O–H groups in total. The minimum atomic E-state index is -1.24. The normalized spacial score (nSPS) is 27.6. The highest BCUT2D eigenvalue weighted by Crippen LogP contribution is 2.52. The summed E-state index contributed by atoms with van der Waals surface area (Å²) in [5, 5.41) is 0. The van der Waals surface area contributed by atoms with Crippen molar-refractivity contribution in [3.8, 4) is 0 Å². The van der Waals surface area contributed by atoms with Crippen molar-refractivity contribution in [3.05, 3.63) is 0 Å². The Morgan fingerprint density at radius 3 is 1.89 bits per heavy atom. The van der Waals surface area contributed by atoms with Crippen molar-refractivity contribution in [3.63, 3.8) is 0 Å². The van der Waals surface area contributed by atoms with Gasteiger partial charge < -0.3 is 9.47 Å². The zero-order valence-electron chi connectivity index (χ0n) is 11.8. The summed E-state index contributed by atoms with van der Waals surface area (Å²) in [6.45, 7) is 10.6. The maximum absolute atomic E-state index is 11.9. The Hall–Kier alpha value is -0.770. The van der Waals surface area contributed by atoms with Crippen LogP contribution in [0.25, 0.3) is 0 Å². The Morgan fingerprint density at radius 1 is 1.06 bits per heavy atom. The van der Waals surface area contributed by atoms with Crippen LogP contribution in [0.5, 0.6) is 0 Å². The van der Waals surface area contributed by atoms with Crippen LogP contribution in [0, 0.1) is 5.92 Å². The third kappa shape index (κ3) is 3.87. The smallest absolute Gasteiger partial charge is 0.328 e. The quantitative estimate of drug-likeness (QED) is 0.575. The lowest BCUT2D eigenvalue weighted by Crippen LogP contribution is -2.34. The van der Waals surface area contributed by atoms with Crippen molar-refractivity contribution in [1.29, 1.82) is 0 Å². The highest BCUT2D eigenvalue weighted by Gasteiger charge is 2.65. The molecule has 0 aliphatic heterocycles. The molecule has 0 spiro atoms. The van der Waals surface area contributed by atoms with Crippen molar-refractivity contribution < 1.29 is 19.1 Å². The predicted octanol–water partition coefficient (Wildman–Crippen LogP) is 2.67. The van der Waals surface area contributed by atoms with Crippen LogP contribution in [0.4, 0.5) is 0 Å². The van der Waals surface area contributed by atoms with E-state index >= 15 is 0 Å². The lowest BCUT2D eigenvalue weighted by molar-refractivity contribution is -0.162. The monoisotopic (exact) mass is 276 g/mol. The maximum Gasteiger partial charge on any atom is 0.328 e. The van der Waals surface area contributed by atoms with Crippen molar-refractivity contribution >= 4 is 23.5 Å². The minimum absolute atomic E-state index is 0.276. The zero-order valence-corrected chi connectivity index (χ0v) is 12.6. The second kappa shape index (κ2) is 4.41. The molecule has 4 nitrogen and oxygen atoms in total. The van der Waals surface area contributed by atoms with Gasteiger partial charge in [0.25, 0.3) is 0 Å². The average Bonchev–Trinajstić information content (AvgIpc) is 2.73. The highest BCUT2D eigenvalue weighted by atomic mass is 35.5. The number of halogens is 1.